The number of carbonyl (C=O) groups is 1. The van der Waals surface area contributed by atoms with Crippen LogP contribution in [-0.2, 0) is 54.8 Å². The number of sulfone groups is 1. The van der Waals surface area contributed by atoms with Crippen LogP contribution in [-0.4, -0.2) is 93.6 Å². The summed E-state index contributed by atoms with van der Waals surface area (Å²) in [6.07, 6.45) is 0. The van der Waals surface area contributed by atoms with Gasteiger partial charge in [-0.15, -0.1) is 10.2 Å². The van der Waals surface area contributed by atoms with Gasteiger partial charge in [-0.05, 0) is 77.7 Å². The van der Waals surface area contributed by atoms with Gasteiger partial charge in [0.1, 0.15) is 41.7 Å². The zero-order valence-electron chi connectivity index (χ0n) is 35.4. The topological polar surface area (TPSA) is 426 Å². The number of nitrogens with two attached hydrogens (primary N) is 1. The molecule has 25 nitrogen and oxygen atoms in total. The monoisotopic (exact) mass is 1070 g/mol. The number of anilines is 5. The Balaban J connectivity index is 0.00000397. The predicted molar refractivity (Wildman–Crippen MR) is 213 cm³/mol. The number of carboxylic acids is 1. The molecule has 0 aliphatic heterocycles. The van der Waals surface area contributed by atoms with Crippen molar-refractivity contribution < 1.29 is 193 Å². The third-order valence-corrected chi connectivity index (χ3v) is 13.2. The van der Waals surface area contributed by atoms with Crippen LogP contribution >= 0.6 is 0 Å². The normalized spacial score (nSPS) is 11.9. The quantitative estimate of drug-likeness (QED) is 0.0266. The molecule has 1 heterocycles. The van der Waals surface area contributed by atoms with Crippen molar-refractivity contribution in [1.82, 2.24) is 15.0 Å². The molecule has 34 heteroatoms. The molecule has 1 aromatic heterocycles. The van der Waals surface area contributed by atoms with Crippen LogP contribution < -0.4 is 140 Å². The molecular weight excluding hydrogens is 1040 g/mol. The first-order valence-corrected chi connectivity index (χ1v) is 24.2. The second kappa shape index (κ2) is 24.2. The van der Waals surface area contributed by atoms with E-state index >= 15 is 0 Å². The van der Waals surface area contributed by atoms with Crippen molar-refractivity contribution in [1.29, 1.82) is 0 Å². The molecule has 0 aliphatic rings. The standard InChI is InChI=1S/C34H28N8O17S5.4Na/c35-29-28(63(53,54)55)16-20-15-24(61(47,48)49)9-10-25(20)30(29)42-41-26-17-22(6-11-27(26)62(50,51)52)37-34-39-31(18-2-1-3-19(14-18)32(43)44)38-33(40-34)36-21-4-7-23(8-5-21)60(45,46)13-12-59-64(56,57)58;;;;/h1-11,14-17H,12-13,35H2,(H,43,44)(H,47,48,49)(H,50,51,52)(H,53,54,55)(H,56,57,58)(H2,36,37,38,39,40);;;;/q;4*+1/p-5. The molecule has 4 N–H and O–H groups in total. The number of azo groups is 1. The van der Waals surface area contributed by atoms with Crippen molar-refractivity contribution in [3.63, 3.8) is 0 Å². The second-order valence-electron chi connectivity index (χ2n) is 12.8. The molecule has 0 fully saturated rings. The van der Waals surface area contributed by atoms with E-state index in [-0.39, 0.29) is 174 Å². The van der Waals surface area contributed by atoms with Crippen molar-refractivity contribution in [2.24, 2.45) is 10.2 Å². The minimum Gasteiger partial charge on any atom is -0.744 e. The molecule has 6 aromatic rings. The average Bonchev–Trinajstić information content (AvgIpc) is 3.18. The molecule has 0 saturated carbocycles. The van der Waals surface area contributed by atoms with E-state index in [0.29, 0.717) is 6.07 Å². The number of nitrogen functional groups attached to an aromatic ring is 1. The molecule has 5 aromatic carbocycles. The molecule has 336 valence electrons. The van der Waals surface area contributed by atoms with Crippen molar-refractivity contribution in [2.75, 3.05) is 28.7 Å². The fourth-order valence-corrected chi connectivity index (χ4v) is 8.80. The number of fused-ring (bicyclic) bond motifs is 1. The van der Waals surface area contributed by atoms with E-state index in [4.69, 9.17) is 5.73 Å². The maximum absolute atomic E-state index is 12.6. The zero-order valence-corrected chi connectivity index (χ0v) is 47.5. The first kappa shape index (κ1) is 61.5. The molecule has 0 aliphatic carbocycles. The van der Waals surface area contributed by atoms with Gasteiger partial charge in [0.2, 0.25) is 22.3 Å². The third kappa shape index (κ3) is 15.9. The number of hydrogen-bond acceptors (Lipinski definition) is 25. The van der Waals surface area contributed by atoms with Gasteiger partial charge in [0.15, 0.2) is 15.7 Å². The Morgan fingerprint density at radius 3 is 1.76 bits per heavy atom. The molecule has 6 rings (SSSR count). The Kier molecular flexibility index (Phi) is 21.9. The fourth-order valence-electron chi connectivity index (χ4n) is 5.58. The number of nitrogens with one attached hydrogen (secondary N) is 2. The zero-order chi connectivity index (χ0) is 47.0. The van der Waals surface area contributed by atoms with Crippen LogP contribution in [0, 0.1) is 0 Å². The Hall–Kier alpha value is -2.61. The molecule has 0 saturated heterocycles. The molecule has 0 unspecified atom stereocenters. The molecular formula is C34H23N8Na4O17S5-. The number of rotatable bonds is 16. The number of carbonyl (C=O) groups excluding carboxylic acids is 1. The maximum atomic E-state index is 12.6. The van der Waals surface area contributed by atoms with E-state index < -0.39 is 101 Å². The summed E-state index contributed by atoms with van der Waals surface area (Å²) in [5.74, 6) is -3.19. The summed E-state index contributed by atoms with van der Waals surface area (Å²) in [4.78, 5) is 21.2. The van der Waals surface area contributed by atoms with Gasteiger partial charge in [0.05, 0.1) is 43.6 Å². The van der Waals surface area contributed by atoms with Gasteiger partial charge in [0, 0.05) is 22.3 Å². The Bertz CT molecular complexity index is 3510. The summed E-state index contributed by atoms with van der Waals surface area (Å²) in [5, 5.41) is 24.3. The number of aromatic nitrogens is 3. The second-order valence-corrected chi connectivity index (χ2v) is 20.0. The van der Waals surface area contributed by atoms with Crippen molar-refractivity contribution in [3.05, 3.63) is 96.6 Å². The number of aromatic carboxylic acids is 1. The van der Waals surface area contributed by atoms with E-state index in [9.17, 15) is 70.2 Å². The molecule has 0 atom stereocenters. The van der Waals surface area contributed by atoms with Gasteiger partial charge in [-0.2, -0.15) is 15.0 Å². The first-order valence-electron chi connectivity index (χ1n) is 17.0. The van der Waals surface area contributed by atoms with Gasteiger partial charge >= 0.3 is 118 Å². The van der Waals surface area contributed by atoms with Crippen LogP contribution in [0.25, 0.3) is 22.2 Å². The van der Waals surface area contributed by atoms with E-state index in [2.05, 4.69) is 40.0 Å². The van der Waals surface area contributed by atoms with E-state index in [1.165, 1.54) is 30.3 Å². The number of carboxylic acid groups (broad SMARTS) is 1. The van der Waals surface area contributed by atoms with Crippen molar-refractivity contribution >= 4 is 108 Å². The van der Waals surface area contributed by atoms with E-state index in [1.807, 2.05) is 0 Å². The van der Waals surface area contributed by atoms with Crippen LogP contribution in [0.4, 0.5) is 40.3 Å². The minimum atomic E-state index is -5.39. The summed E-state index contributed by atoms with van der Waals surface area (Å²) < 4.78 is 170. The van der Waals surface area contributed by atoms with Crippen molar-refractivity contribution in [2.45, 2.75) is 19.6 Å². The van der Waals surface area contributed by atoms with Crippen LogP contribution in [0.5, 0.6) is 0 Å². The van der Waals surface area contributed by atoms with Gasteiger partial charge in [0.25, 0.3) is 0 Å². The van der Waals surface area contributed by atoms with Crippen LogP contribution in [0.1, 0.15) is 10.4 Å². The Morgan fingerprint density at radius 1 is 0.632 bits per heavy atom. The molecule has 0 bridgehead atoms. The largest absolute Gasteiger partial charge is 1.00 e. The summed E-state index contributed by atoms with van der Waals surface area (Å²) in [7, 11) is -25.1. The van der Waals surface area contributed by atoms with Gasteiger partial charge < -0.3 is 44.5 Å². The molecule has 0 amide bonds. The third-order valence-electron chi connectivity index (χ3n) is 8.43. The molecule has 0 radical (unpaired) electrons. The van der Waals surface area contributed by atoms with Crippen molar-refractivity contribution in [3.8, 4) is 11.4 Å². The van der Waals surface area contributed by atoms with Gasteiger partial charge in [-0.25, -0.2) is 42.1 Å². The number of benzene rings is 5. The summed E-state index contributed by atoms with van der Waals surface area (Å²) in [6.45, 7) is -0.938. The van der Waals surface area contributed by atoms with Crippen LogP contribution in [0.15, 0.2) is 121 Å². The summed E-state index contributed by atoms with van der Waals surface area (Å²) in [6, 6.07) is 15.9. The predicted octanol–water partition coefficient (Wildman–Crippen LogP) is -10.5. The molecule has 68 heavy (non-hydrogen) atoms. The number of nitrogens with zero attached hydrogens (tertiary/aromatic N) is 5. The number of hydrogen-bond donors (Lipinski definition) is 3. The van der Waals surface area contributed by atoms with Crippen LogP contribution in [0.2, 0.25) is 0 Å². The molecule has 0 spiro atoms. The van der Waals surface area contributed by atoms with Gasteiger partial charge in [-0.1, -0.05) is 24.3 Å². The van der Waals surface area contributed by atoms with Gasteiger partial charge in [-0.3, -0.25) is 4.18 Å². The smallest absolute Gasteiger partial charge is 0.744 e. The Labute approximate surface area is 475 Å². The first-order chi connectivity index (χ1) is 29.7. The minimum absolute atomic E-state index is 0. The average molecular weight is 1070 g/mol. The fraction of sp³-hybridized carbons (Fsp3) is 0.0588. The van der Waals surface area contributed by atoms with E-state index in [0.717, 1.165) is 54.6 Å². The SMILES string of the molecule is Nc1c(S(=O)(=O)[O-])cc2cc(S(=O)(=O)[O-])ccc2c1N=Nc1cc(Nc2nc(Nc3ccc(S(=O)(=O)CCOS(=O)(=O)[O-])cc3)nc(-c3cccc(C(=O)[O-])c3)n2)ccc1S(=O)(=O)[O-].[Na+].[Na+].[Na+].[Na+]. The summed E-state index contributed by atoms with van der Waals surface area (Å²) in [5.41, 5.74) is 3.69. The Morgan fingerprint density at radius 2 is 1.21 bits per heavy atom. The van der Waals surface area contributed by atoms with Crippen LogP contribution in [0.3, 0.4) is 0 Å². The maximum Gasteiger partial charge on any atom is 1.00 e. The van der Waals surface area contributed by atoms with E-state index in [1.54, 1.807) is 0 Å². The summed E-state index contributed by atoms with van der Waals surface area (Å²) >= 11 is 0.